The standard InChI is InChI=1S/C40H48N6O10S/c1-40(2,3)27-20-26(25-42-57(49)50)37(52-5)34(21-27)45-39(48)44-33-10-11-35(32-9-7-6-8-31(32)33)56-36-12-13-41-38(46-36)43-28-22-29(51-4)24-30(23-28)55-19-18-54-17-16-53-15-14-47/h6-13,20-24,42,47H,14-19,25H2,1-5H3,(H,49,50)(H,41,43,46)(H2,44,45,48). The molecule has 57 heavy (non-hydrogen) atoms. The van der Waals surface area contributed by atoms with Crippen LogP contribution in [0.3, 0.4) is 0 Å². The number of urea groups is 1. The Kier molecular flexibility index (Phi) is 15.4. The average Bonchev–Trinajstić information content (AvgIpc) is 3.18. The summed E-state index contributed by atoms with van der Waals surface area (Å²) in [6, 6.07) is 21.1. The van der Waals surface area contributed by atoms with E-state index in [0.29, 0.717) is 77.4 Å². The first kappa shape index (κ1) is 42.6. The largest absolute Gasteiger partial charge is 0.497 e. The monoisotopic (exact) mass is 804 g/mol. The van der Waals surface area contributed by atoms with Crippen LogP contribution in [-0.4, -0.2) is 83.7 Å². The molecule has 0 aliphatic heterocycles. The molecule has 0 radical (unpaired) electrons. The zero-order chi connectivity index (χ0) is 40.8. The molecule has 0 aliphatic carbocycles. The van der Waals surface area contributed by atoms with Crippen molar-refractivity contribution in [3.8, 4) is 28.9 Å². The third kappa shape index (κ3) is 12.5. The van der Waals surface area contributed by atoms with Crippen LogP contribution in [0.5, 0.6) is 28.9 Å². The SMILES string of the molecule is COc1cc(Nc2nccc(Oc3ccc(NC(=O)Nc4cc(C(C)(C)C)cc(CNS(=O)O)c4OC)c4ccccc34)n2)cc(OCCOCCOCCO)c1. The van der Waals surface area contributed by atoms with Gasteiger partial charge in [-0.2, -0.15) is 4.98 Å². The molecule has 304 valence electrons. The van der Waals surface area contributed by atoms with Gasteiger partial charge in [0.05, 0.1) is 58.6 Å². The Morgan fingerprint density at radius 1 is 0.825 bits per heavy atom. The molecule has 0 fully saturated rings. The number of hydrogen-bond acceptors (Lipinski definition) is 12. The zero-order valence-electron chi connectivity index (χ0n) is 32.4. The molecule has 4 aromatic carbocycles. The molecule has 1 unspecified atom stereocenters. The molecule has 5 aromatic rings. The molecule has 1 heterocycles. The smallest absolute Gasteiger partial charge is 0.323 e. The highest BCUT2D eigenvalue weighted by Gasteiger charge is 2.21. The molecule has 6 N–H and O–H groups in total. The lowest BCUT2D eigenvalue weighted by Crippen LogP contribution is -2.22. The summed E-state index contributed by atoms with van der Waals surface area (Å²) in [5.41, 5.74) is 2.76. The van der Waals surface area contributed by atoms with Crippen molar-refractivity contribution in [1.82, 2.24) is 14.7 Å². The van der Waals surface area contributed by atoms with Crippen molar-refractivity contribution in [3.63, 3.8) is 0 Å². The van der Waals surface area contributed by atoms with E-state index >= 15 is 0 Å². The van der Waals surface area contributed by atoms with Crippen molar-refractivity contribution in [2.75, 3.05) is 69.8 Å². The Morgan fingerprint density at radius 3 is 2.26 bits per heavy atom. The van der Waals surface area contributed by atoms with Crippen LogP contribution in [0.4, 0.5) is 27.8 Å². The van der Waals surface area contributed by atoms with Crippen molar-refractivity contribution in [3.05, 3.63) is 90.1 Å². The Hall–Kier alpha value is -5.56. The Bertz CT molecular complexity index is 2150. The van der Waals surface area contributed by atoms with Crippen molar-refractivity contribution >= 4 is 51.1 Å². The van der Waals surface area contributed by atoms with Crippen LogP contribution in [0, 0.1) is 0 Å². The number of benzene rings is 4. The molecule has 2 amide bonds. The number of hydrogen-bond donors (Lipinski definition) is 6. The maximum atomic E-state index is 13.5. The predicted octanol–water partition coefficient (Wildman–Crippen LogP) is 6.76. The minimum atomic E-state index is -2.24. The molecular weight excluding hydrogens is 757 g/mol. The topological polar surface area (TPSA) is 204 Å². The van der Waals surface area contributed by atoms with Gasteiger partial charge in [-0.15, -0.1) is 0 Å². The van der Waals surface area contributed by atoms with Gasteiger partial charge >= 0.3 is 6.03 Å². The van der Waals surface area contributed by atoms with Crippen LogP contribution >= 0.6 is 0 Å². The number of aliphatic hydroxyl groups is 1. The number of aliphatic hydroxyl groups excluding tert-OH is 1. The number of carbonyl (C=O) groups is 1. The molecular formula is C40H48N6O10S. The Balaban J connectivity index is 1.28. The summed E-state index contributed by atoms with van der Waals surface area (Å²) < 4.78 is 57.1. The van der Waals surface area contributed by atoms with E-state index < -0.39 is 17.3 Å². The first-order valence-corrected chi connectivity index (χ1v) is 19.1. The van der Waals surface area contributed by atoms with Gasteiger partial charge in [-0.3, -0.25) is 4.55 Å². The van der Waals surface area contributed by atoms with Crippen molar-refractivity contribution in [2.24, 2.45) is 0 Å². The van der Waals surface area contributed by atoms with Gasteiger partial charge in [0.25, 0.3) is 0 Å². The molecule has 1 aromatic heterocycles. The highest BCUT2D eigenvalue weighted by molar-refractivity contribution is 7.77. The first-order chi connectivity index (χ1) is 27.5. The molecule has 17 heteroatoms. The summed E-state index contributed by atoms with van der Waals surface area (Å²) in [5, 5.41) is 19.2. The number of rotatable bonds is 20. The molecule has 1 atom stereocenters. The first-order valence-electron chi connectivity index (χ1n) is 18.0. The summed E-state index contributed by atoms with van der Waals surface area (Å²) in [7, 11) is 3.04. The number of anilines is 4. The van der Waals surface area contributed by atoms with Crippen LogP contribution in [0.1, 0.15) is 31.9 Å². The van der Waals surface area contributed by atoms with Gasteiger partial charge in [0.15, 0.2) is 0 Å². The maximum absolute atomic E-state index is 13.5. The second-order valence-corrected chi connectivity index (χ2v) is 14.2. The van der Waals surface area contributed by atoms with E-state index in [1.165, 1.54) is 7.11 Å². The molecule has 5 rings (SSSR count). The minimum Gasteiger partial charge on any atom is -0.497 e. The highest BCUT2D eigenvalue weighted by atomic mass is 32.2. The number of methoxy groups -OCH3 is 2. The van der Waals surface area contributed by atoms with E-state index in [1.807, 2.05) is 57.2 Å². The van der Waals surface area contributed by atoms with Crippen molar-refractivity contribution < 1.29 is 47.1 Å². The molecule has 0 aliphatic rings. The fourth-order valence-corrected chi connectivity index (χ4v) is 5.90. The van der Waals surface area contributed by atoms with Crippen LogP contribution in [0.15, 0.2) is 79.0 Å². The van der Waals surface area contributed by atoms with Gasteiger partial charge in [-0.25, -0.2) is 18.7 Å². The van der Waals surface area contributed by atoms with E-state index in [2.05, 4.69) is 30.6 Å². The quantitative estimate of drug-likeness (QED) is 0.0356. The Morgan fingerprint density at radius 2 is 1.54 bits per heavy atom. The normalized spacial score (nSPS) is 11.8. The average molecular weight is 805 g/mol. The Labute approximate surface area is 333 Å². The van der Waals surface area contributed by atoms with E-state index in [4.69, 9.17) is 33.5 Å². The zero-order valence-corrected chi connectivity index (χ0v) is 33.2. The summed E-state index contributed by atoms with van der Waals surface area (Å²) in [4.78, 5) is 22.4. The molecule has 0 bridgehead atoms. The number of aromatic nitrogens is 2. The fourth-order valence-electron chi connectivity index (χ4n) is 5.62. The lowest BCUT2D eigenvalue weighted by Gasteiger charge is -2.24. The molecule has 0 saturated carbocycles. The molecule has 16 nitrogen and oxygen atoms in total. The van der Waals surface area contributed by atoms with Gasteiger partial charge in [-0.05, 0) is 29.2 Å². The van der Waals surface area contributed by atoms with Gasteiger partial charge in [0.1, 0.15) is 29.6 Å². The molecule has 0 saturated heterocycles. The number of nitrogens with one attached hydrogen (secondary N) is 4. The molecule has 0 spiro atoms. The highest BCUT2D eigenvalue weighted by Crippen LogP contribution is 2.37. The van der Waals surface area contributed by atoms with E-state index in [9.17, 15) is 13.6 Å². The minimum absolute atomic E-state index is 0.0295. The third-order valence-electron chi connectivity index (χ3n) is 8.32. The van der Waals surface area contributed by atoms with Crippen molar-refractivity contribution in [2.45, 2.75) is 32.7 Å². The van der Waals surface area contributed by atoms with Gasteiger partial charge < -0.3 is 49.5 Å². The lowest BCUT2D eigenvalue weighted by atomic mass is 9.85. The van der Waals surface area contributed by atoms with Crippen LogP contribution in [0.25, 0.3) is 10.8 Å². The third-order valence-corrected chi connectivity index (χ3v) is 8.71. The van der Waals surface area contributed by atoms with Crippen LogP contribution in [0.2, 0.25) is 0 Å². The number of carbonyl (C=O) groups excluding carboxylic acids is 1. The lowest BCUT2D eigenvalue weighted by molar-refractivity contribution is 0.0247. The number of fused-ring (bicyclic) bond motifs is 1. The number of ether oxygens (including phenoxy) is 6. The van der Waals surface area contributed by atoms with E-state index in [-0.39, 0.29) is 37.0 Å². The predicted molar refractivity (Wildman–Crippen MR) is 218 cm³/mol. The van der Waals surface area contributed by atoms with Gasteiger partial charge in [0.2, 0.25) is 23.1 Å². The van der Waals surface area contributed by atoms with Crippen molar-refractivity contribution in [1.29, 1.82) is 0 Å². The summed E-state index contributed by atoms with van der Waals surface area (Å²) in [6.07, 6.45) is 1.57. The van der Waals surface area contributed by atoms with Crippen LogP contribution in [-0.2, 0) is 32.7 Å². The van der Waals surface area contributed by atoms with E-state index in [0.717, 1.165) is 10.9 Å². The van der Waals surface area contributed by atoms with Gasteiger partial charge in [-0.1, -0.05) is 51.1 Å². The number of nitrogens with zero attached hydrogens (tertiary/aromatic N) is 2. The fraction of sp³-hybridized carbons (Fsp3) is 0.325. The van der Waals surface area contributed by atoms with Gasteiger partial charge in [0, 0.05) is 59.0 Å². The summed E-state index contributed by atoms with van der Waals surface area (Å²) in [5.74, 6) is 2.52. The number of amides is 2. The summed E-state index contributed by atoms with van der Waals surface area (Å²) >= 11 is -2.24. The maximum Gasteiger partial charge on any atom is 0.323 e. The summed E-state index contributed by atoms with van der Waals surface area (Å²) in [6.45, 7) is 7.80. The second-order valence-electron chi connectivity index (χ2n) is 13.4. The second kappa shape index (κ2) is 20.6. The van der Waals surface area contributed by atoms with E-state index in [1.54, 1.807) is 49.7 Å². The van der Waals surface area contributed by atoms with Crippen LogP contribution < -0.4 is 39.6 Å².